The van der Waals surface area contributed by atoms with Crippen LogP contribution in [-0.4, -0.2) is 31.6 Å². The third-order valence-electron chi connectivity index (χ3n) is 2.86. The highest BCUT2D eigenvalue weighted by Gasteiger charge is 2.17. The summed E-state index contributed by atoms with van der Waals surface area (Å²) in [5.41, 5.74) is 1.10. The number of benzene rings is 1. The van der Waals surface area contributed by atoms with Gasteiger partial charge in [-0.25, -0.2) is 0 Å². The molecule has 0 spiro atoms. The summed E-state index contributed by atoms with van der Waals surface area (Å²) in [6.07, 6.45) is 1.40. The number of carbonyl (C=O) groups is 1. The molecule has 1 amide bonds. The topological polar surface area (TPSA) is 99.1 Å². The van der Waals surface area contributed by atoms with Gasteiger partial charge in [-0.2, -0.15) is 8.75 Å². The summed E-state index contributed by atoms with van der Waals surface area (Å²) in [5, 5.41) is 11.7. The van der Waals surface area contributed by atoms with Crippen LogP contribution in [0.2, 0.25) is 0 Å². The molecule has 22 heavy (non-hydrogen) atoms. The van der Waals surface area contributed by atoms with Gasteiger partial charge in [0.2, 0.25) is 11.9 Å². The van der Waals surface area contributed by atoms with Crippen molar-refractivity contribution >= 4 is 34.1 Å². The van der Waals surface area contributed by atoms with E-state index in [1.54, 1.807) is 0 Å². The molecule has 0 radical (unpaired) electrons. The SMILES string of the molecule is O=C(Nc1nnc(-c2ccc3c(c2)OCO3)s1)c1cnsn1. The van der Waals surface area contributed by atoms with E-state index in [-0.39, 0.29) is 18.4 Å². The molecule has 1 N–H and O–H groups in total. The van der Waals surface area contributed by atoms with Gasteiger partial charge >= 0.3 is 0 Å². The van der Waals surface area contributed by atoms with Gasteiger partial charge in [0.1, 0.15) is 5.01 Å². The van der Waals surface area contributed by atoms with Crippen molar-refractivity contribution in [1.82, 2.24) is 18.9 Å². The van der Waals surface area contributed by atoms with Gasteiger partial charge < -0.3 is 9.47 Å². The van der Waals surface area contributed by atoms with Crippen molar-refractivity contribution in [3.8, 4) is 22.1 Å². The Morgan fingerprint density at radius 1 is 1.23 bits per heavy atom. The number of nitrogens with one attached hydrogen (secondary N) is 1. The fourth-order valence-corrected chi connectivity index (χ4v) is 2.99. The normalized spacial score (nSPS) is 12.4. The first kappa shape index (κ1) is 13.1. The fourth-order valence-electron chi connectivity index (χ4n) is 1.85. The summed E-state index contributed by atoms with van der Waals surface area (Å²) in [6, 6.07) is 5.51. The van der Waals surface area contributed by atoms with Gasteiger partial charge in [0.05, 0.1) is 17.9 Å². The van der Waals surface area contributed by atoms with Crippen LogP contribution in [0.25, 0.3) is 10.6 Å². The first-order chi connectivity index (χ1) is 10.8. The molecule has 0 aliphatic carbocycles. The standard InChI is InChI=1S/C12H7N5O3S2/c18-10(7-4-13-22-17-7)14-12-16-15-11(21-12)6-1-2-8-9(3-6)20-5-19-8/h1-4H,5H2,(H,14,16,18). The van der Waals surface area contributed by atoms with Gasteiger partial charge in [-0.05, 0) is 18.2 Å². The zero-order chi connectivity index (χ0) is 14.9. The van der Waals surface area contributed by atoms with Gasteiger partial charge in [-0.3, -0.25) is 10.1 Å². The number of aromatic nitrogens is 4. The second-order valence-corrected chi connectivity index (χ2v) is 5.76. The number of hydrogen-bond acceptors (Lipinski definition) is 9. The van der Waals surface area contributed by atoms with E-state index in [0.29, 0.717) is 21.6 Å². The van der Waals surface area contributed by atoms with E-state index in [2.05, 4.69) is 24.3 Å². The summed E-state index contributed by atoms with van der Waals surface area (Å²) < 4.78 is 18.2. The largest absolute Gasteiger partial charge is 0.454 e. The van der Waals surface area contributed by atoms with Crippen LogP contribution in [0.3, 0.4) is 0 Å². The molecular formula is C12H7N5O3S2. The second kappa shape index (κ2) is 5.31. The molecule has 0 atom stereocenters. The molecule has 3 heterocycles. The maximum atomic E-state index is 11.9. The number of amides is 1. The summed E-state index contributed by atoms with van der Waals surface area (Å²) in [5.74, 6) is 1.02. The van der Waals surface area contributed by atoms with E-state index >= 15 is 0 Å². The number of nitrogens with zero attached hydrogens (tertiary/aromatic N) is 4. The number of rotatable bonds is 3. The van der Waals surface area contributed by atoms with Crippen molar-refractivity contribution in [3.63, 3.8) is 0 Å². The maximum absolute atomic E-state index is 11.9. The van der Waals surface area contributed by atoms with Crippen LogP contribution < -0.4 is 14.8 Å². The van der Waals surface area contributed by atoms with Crippen molar-refractivity contribution in [2.45, 2.75) is 0 Å². The van der Waals surface area contributed by atoms with Crippen molar-refractivity contribution in [2.75, 3.05) is 12.1 Å². The van der Waals surface area contributed by atoms with E-state index in [0.717, 1.165) is 17.3 Å². The van der Waals surface area contributed by atoms with E-state index < -0.39 is 0 Å². The molecule has 0 bridgehead atoms. The molecule has 0 saturated heterocycles. The second-order valence-electron chi connectivity index (χ2n) is 4.23. The molecule has 3 aromatic rings. The number of ether oxygens (including phenoxy) is 2. The Morgan fingerprint density at radius 3 is 3.00 bits per heavy atom. The van der Waals surface area contributed by atoms with E-state index in [9.17, 15) is 4.79 Å². The molecule has 1 aromatic carbocycles. The van der Waals surface area contributed by atoms with Crippen LogP contribution in [0.5, 0.6) is 11.5 Å². The Morgan fingerprint density at radius 2 is 2.14 bits per heavy atom. The number of hydrogen-bond donors (Lipinski definition) is 1. The van der Waals surface area contributed by atoms with Crippen LogP contribution in [-0.2, 0) is 0 Å². The number of carbonyl (C=O) groups excluding carboxylic acids is 1. The average Bonchev–Trinajstić information content (AvgIpc) is 3.27. The summed E-state index contributed by atoms with van der Waals surface area (Å²) >= 11 is 2.23. The van der Waals surface area contributed by atoms with Crippen molar-refractivity contribution < 1.29 is 14.3 Å². The lowest BCUT2D eigenvalue weighted by Crippen LogP contribution is -2.11. The van der Waals surface area contributed by atoms with Crippen molar-refractivity contribution in [3.05, 3.63) is 30.1 Å². The smallest absolute Gasteiger partial charge is 0.278 e. The Bertz CT molecular complexity index is 833. The Kier molecular flexibility index (Phi) is 3.16. The van der Waals surface area contributed by atoms with Gasteiger partial charge in [0.15, 0.2) is 17.2 Å². The lowest BCUT2D eigenvalue weighted by atomic mass is 10.2. The third-order valence-corrected chi connectivity index (χ3v) is 4.22. The van der Waals surface area contributed by atoms with E-state index in [1.807, 2.05) is 18.2 Å². The van der Waals surface area contributed by atoms with Crippen LogP contribution in [0.4, 0.5) is 5.13 Å². The molecule has 0 unspecified atom stereocenters. The monoisotopic (exact) mass is 333 g/mol. The summed E-state index contributed by atoms with van der Waals surface area (Å²) in [7, 11) is 0. The van der Waals surface area contributed by atoms with Gasteiger partial charge in [-0.1, -0.05) is 11.3 Å². The molecule has 0 fully saturated rings. The van der Waals surface area contributed by atoms with Crippen molar-refractivity contribution in [1.29, 1.82) is 0 Å². The van der Waals surface area contributed by atoms with Crippen LogP contribution in [0.1, 0.15) is 10.5 Å². The predicted octanol–water partition coefficient (Wildman–Crippen LogP) is 2.04. The van der Waals surface area contributed by atoms with E-state index in [4.69, 9.17) is 9.47 Å². The first-order valence-corrected chi connectivity index (χ1v) is 7.67. The molecule has 110 valence electrons. The zero-order valence-corrected chi connectivity index (χ0v) is 12.5. The highest BCUT2D eigenvalue weighted by Crippen LogP contribution is 2.37. The first-order valence-electron chi connectivity index (χ1n) is 6.12. The average molecular weight is 333 g/mol. The highest BCUT2D eigenvalue weighted by atomic mass is 32.1. The fraction of sp³-hybridized carbons (Fsp3) is 0.0833. The molecule has 8 nitrogen and oxygen atoms in total. The molecule has 4 rings (SSSR count). The lowest BCUT2D eigenvalue weighted by Gasteiger charge is -1.98. The minimum Gasteiger partial charge on any atom is -0.454 e. The number of fused-ring (bicyclic) bond motifs is 1. The minimum atomic E-state index is -0.359. The number of anilines is 1. The Balaban J connectivity index is 1.55. The van der Waals surface area contributed by atoms with Crippen LogP contribution in [0, 0.1) is 0 Å². The maximum Gasteiger partial charge on any atom is 0.278 e. The molecule has 1 aliphatic rings. The van der Waals surface area contributed by atoms with Crippen LogP contribution >= 0.6 is 23.1 Å². The van der Waals surface area contributed by atoms with Gasteiger partial charge in [0.25, 0.3) is 5.91 Å². The van der Waals surface area contributed by atoms with Gasteiger partial charge in [-0.15, -0.1) is 10.2 Å². The molecule has 10 heteroatoms. The molecular weight excluding hydrogens is 326 g/mol. The minimum absolute atomic E-state index is 0.220. The van der Waals surface area contributed by atoms with Gasteiger partial charge in [0, 0.05) is 5.56 Å². The molecule has 2 aromatic heterocycles. The lowest BCUT2D eigenvalue weighted by molar-refractivity contribution is 0.102. The van der Waals surface area contributed by atoms with E-state index in [1.165, 1.54) is 17.5 Å². The molecule has 0 saturated carbocycles. The molecule has 1 aliphatic heterocycles. The Hall–Kier alpha value is -2.59. The Labute approximate surface area is 132 Å². The quantitative estimate of drug-likeness (QED) is 0.783. The third kappa shape index (κ3) is 2.38. The zero-order valence-electron chi connectivity index (χ0n) is 10.8. The van der Waals surface area contributed by atoms with Crippen molar-refractivity contribution in [2.24, 2.45) is 0 Å². The highest BCUT2D eigenvalue weighted by molar-refractivity contribution is 7.18. The predicted molar refractivity (Wildman–Crippen MR) is 79.3 cm³/mol. The van der Waals surface area contributed by atoms with Crippen LogP contribution in [0.15, 0.2) is 24.4 Å². The summed E-state index contributed by atoms with van der Waals surface area (Å²) in [6.45, 7) is 0.220. The summed E-state index contributed by atoms with van der Waals surface area (Å²) in [4.78, 5) is 11.9.